The summed E-state index contributed by atoms with van der Waals surface area (Å²) in [7, 11) is 0. The van der Waals surface area contributed by atoms with Gasteiger partial charge in [0.1, 0.15) is 0 Å². The molecule has 1 aromatic rings. The molecule has 0 saturated heterocycles. The highest BCUT2D eigenvalue weighted by Gasteiger charge is 2.52. The van der Waals surface area contributed by atoms with E-state index in [2.05, 4.69) is 13.0 Å². The lowest BCUT2D eigenvalue weighted by Gasteiger charge is -2.09. The Bertz CT molecular complexity index is 463. The first kappa shape index (κ1) is 8.60. The Morgan fingerprint density at radius 2 is 2.20 bits per heavy atom. The first-order valence-electron chi connectivity index (χ1n) is 5.04. The van der Waals surface area contributed by atoms with E-state index in [1.165, 1.54) is 5.56 Å². The number of benzene rings is 1. The van der Waals surface area contributed by atoms with Gasteiger partial charge in [-0.05, 0) is 24.1 Å². The van der Waals surface area contributed by atoms with Gasteiger partial charge in [0, 0.05) is 5.41 Å². The summed E-state index contributed by atoms with van der Waals surface area (Å²) < 4.78 is 10.6. The summed E-state index contributed by atoms with van der Waals surface area (Å²) in [6.45, 7) is 2.43. The number of ether oxygens (including phenoxy) is 2. The SMILES string of the molecule is CC1(c2ccc3c(c2)OCO3)CC1C#N. The van der Waals surface area contributed by atoms with E-state index in [1.54, 1.807) is 0 Å². The van der Waals surface area contributed by atoms with E-state index in [1.807, 2.05) is 18.2 Å². The van der Waals surface area contributed by atoms with Crippen molar-refractivity contribution in [2.45, 2.75) is 18.8 Å². The maximum absolute atomic E-state index is 8.89. The summed E-state index contributed by atoms with van der Waals surface area (Å²) in [5, 5.41) is 8.89. The number of rotatable bonds is 1. The van der Waals surface area contributed by atoms with Gasteiger partial charge in [-0.3, -0.25) is 0 Å². The highest BCUT2D eigenvalue weighted by atomic mass is 16.7. The van der Waals surface area contributed by atoms with Gasteiger partial charge >= 0.3 is 0 Å². The summed E-state index contributed by atoms with van der Waals surface area (Å²) >= 11 is 0. The van der Waals surface area contributed by atoms with Crippen LogP contribution >= 0.6 is 0 Å². The zero-order valence-electron chi connectivity index (χ0n) is 8.49. The quantitative estimate of drug-likeness (QED) is 0.699. The van der Waals surface area contributed by atoms with Crippen molar-refractivity contribution < 1.29 is 9.47 Å². The van der Waals surface area contributed by atoms with Crippen molar-refractivity contribution >= 4 is 0 Å². The van der Waals surface area contributed by atoms with Crippen molar-refractivity contribution in [3.05, 3.63) is 23.8 Å². The highest BCUT2D eigenvalue weighted by Crippen LogP contribution is 2.54. The Kier molecular flexibility index (Phi) is 1.53. The van der Waals surface area contributed by atoms with Gasteiger partial charge in [-0.25, -0.2) is 0 Å². The van der Waals surface area contributed by atoms with Crippen LogP contribution in [0.2, 0.25) is 0 Å². The van der Waals surface area contributed by atoms with E-state index in [4.69, 9.17) is 14.7 Å². The predicted molar refractivity (Wildman–Crippen MR) is 53.6 cm³/mol. The third-order valence-corrected chi connectivity index (χ3v) is 3.42. The molecule has 1 aromatic carbocycles. The summed E-state index contributed by atoms with van der Waals surface area (Å²) in [5.74, 6) is 1.76. The van der Waals surface area contributed by atoms with E-state index in [0.717, 1.165) is 17.9 Å². The van der Waals surface area contributed by atoms with Gasteiger partial charge in [0.05, 0.1) is 12.0 Å². The van der Waals surface area contributed by atoms with Gasteiger partial charge in [0.2, 0.25) is 6.79 Å². The van der Waals surface area contributed by atoms with Crippen LogP contribution in [0.1, 0.15) is 18.9 Å². The molecule has 0 bridgehead atoms. The average Bonchev–Trinajstić information content (AvgIpc) is 2.74. The molecule has 0 amide bonds. The summed E-state index contributed by atoms with van der Waals surface area (Å²) in [4.78, 5) is 0. The highest BCUT2D eigenvalue weighted by molar-refractivity contribution is 5.49. The minimum absolute atomic E-state index is 0.0235. The Hall–Kier alpha value is -1.69. The van der Waals surface area contributed by atoms with Gasteiger partial charge in [-0.15, -0.1) is 0 Å². The fourth-order valence-electron chi connectivity index (χ4n) is 2.12. The molecule has 0 aromatic heterocycles. The Morgan fingerprint density at radius 1 is 1.40 bits per heavy atom. The van der Waals surface area contributed by atoms with Crippen LogP contribution in [0.25, 0.3) is 0 Å². The number of hydrogen-bond donors (Lipinski definition) is 0. The summed E-state index contributed by atoms with van der Waals surface area (Å²) in [5.41, 5.74) is 1.20. The second-order valence-electron chi connectivity index (χ2n) is 4.37. The van der Waals surface area contributed by atoms with Crippen LogP contribution in [0.15, 0.2) is 18.2 Å². The number of fused-ring (bicyclic) bond motifs is 1. The van der Waals surface area contributed by atoms with Crippen LogP contribution < -0.4 is 9.47 Å². The molecule has 2 atom stereocenters. The van der Waals surface area contributed by atoms with Crippen molar-refractivity contribution in [3.8, 4) is 17.6 Å². The predicted octanol–water partition coefficient (Wildman–Crippen LogP) is 2.22. The summed E-state index contributed by atoms with van der Waals surface area (Å²) in [6, 6.07) is 8.28. The fourth-order valence-corrected chi connectivity index (χ4v) is 2.12. The smallest absolute Gasteiger partial charge is 0.231 e. The third-order valence-electron chi connectivity index (χ3n) is 3.42. The van der Waals surface area contributed by atoms with Crippen molar-refractivity contribution in [1.82, 2.24) is 0 Å². The third kappa shape index (κ3) is 1.11. The Balaban J connectivity index is 1.98. The van der Waals surface area contributed by atoms with Crippen molar-refractivity contribution in [2.24, 2.45) is 5.92 Å². The van der Waals surface area contributed by atoms with E-state index in [0.29, 0.717) is 6.79 Å². The van der Waals surface area contributed by atoms with Crippen LogP contribution in [0.3, 0.4) is 0 Å². The van der Waals surface area contributed by atoms with Gasteiger partial charge in [-0.1, -0.05) is 13.0 Å². The van der Waals surface area contributed by atoms with Crippen LogP contribution in [0, 0.1) is 17.2 Å². The van der Waals surface area contributed by atoms with Gasteiger partial charge in [0.25, 0.3) is 0 Å². The molecule has 1 saturated carbocycles. The normalized spacial score (nSPS) is 31.1. The number of nitrogens with zero attached hydrogens (tertiary/aromatic N) is 1. The largest absolute Gasteiger partial charge is 0.454 e. The standard InChI is InChI=1S/C12H11NO2/c1-12(5-9(12)6-13)8-2-3-10-11(4-8)15-7-14-10/h2-4,9H,5,7H2,1H3. The van der Waals surface area contributed by atoms with E-state index in [-0.39, 0.29) is 11.3 Å². The van der Waals surface area contributed by atoms with Crippen LogP contribution in [-0.4, -0.2) is 6.79 Å². The molecule has 1 aliphatic carbocycles. The number of hydrogen-bond acceptors (Lipinski definition) is 3. The molecule has 3 heteroatoms. The molecule has 3 nitrogen and oxygen atoms in total. The lowest BCUT2D eigenvalue weighted by Crippen LogP contribution is -2.03. The van der Waals surface area contributed by atoms with E-state index < -0.39 is 0 Å². The molecule has 2 unspecified atom stereocenters. The molecule has 0 N–H and O–H groups in total. The molecular weight excluding hydrogens is 190 g/mol. The Morgan fingerprint density at radius 3 is 2.93 bits per heavy atom. The lowest BCUT2D eigenvalue weighted by atomic mass is 9.95. The molecule has 76 valence electrons. The van der Waals surface area contributed by atoms with Crippen LogP contribution in [0.5, 0.6) is 11.5 Å². The molecule has 1 fully saturated rings. The molecule has 15 heavy (non-hydrogen) atoms. The van der Waals surface area contributed by atoms with Crippen molar-refractivity contribution in [1.29, 1.82) is 5.26 Å². The van der Waals surface area contributed by atoms with Crippen LogP contribution in [-0.2, 0) is 5.41 Å². The fraction of sp³-hybridized carbons (Fsp3) is 0.417. The van der Waals surface area contributed by atoms with Crippen LogP contribution in [0.4, 0.5) is 0 Å². The Labute approximate surface area is 88.2 Å². The zero-order valence-corrected chi connectivity index (χ0v) is 8.49. The average molecular weight is 201 g/mol. The van der Waals surface area contributed by atoms with Crippen molar-refractivity contribution in [2.75, 3.05) is 6.79 Å². The maximum atomic E-state index is 8.89. The van der Waals surface area contributed by atoms with Gasteiger partial charge < -0.3 is 9.47 Å². The summed E-state index contributed by atoms with van der Waals surface area (Å²) in [6.07, 6.45) is 0.948. The lowest BCUT2D eigenvalue weighted by molar-refractivity contribution is 0.174. The monoisotopic (exact) mass is 201 g/mol. The van der Waals surface area contributed by atoms with Gasteiger partial charge in [-0.2, -0.15) is 5.26 Å². The van der Waals surface area contributed by atoms with E-state index >= 15 is 0 Å². The molecule has 1 heterocycles. The molecule has 1 aliphatic heterocycles. The molecule has 2 aliphatic rings. The topological polar surface area (TPSA) is 42.2 Å². The first-order valence-corrected chi connectivity index (χ1v) is 5.04. The molecule has 0 radical (unpaired) electrons. The molecular formula is C12H11NO2. The number of nitriles is 1. The molecule has 0 spiro atoms. The second kappa shape index (κ2) is 2.66. The molecule has 3 rings (SSSR count). The van der Waals surface area contributed by atoms with E-state index in [9.17, 15) is 0 Å². The zero-order chi connectivity index (χ0) is 10.5. The first-order chi connectivity index (χ1) is 7.24. The minimum Gasteiger partial charge on any atom is -0.454 e. The maximum Gasteiger partial charge on any atom is 0.231 e. The second-order valence-corrected chi connectivity index (χ2v) is 4.37. The minimum atomic E-state index is 0.0235. The van der Waals surface area contributed by atoms with Gasteiger partial charge in [0.15, 0.2) is 11.5 Å². The van der Waals surface area contributed by atoms with Crippen molar-refractivity contribution in [3.63, 3.8) is 0 Å².